The van der Waals surface area contributed by atoms with Gasteiger partial charge in [-0.2, -0.15) is 0 Å². The van der Waals surface area contributed by atoms with Crippen molar-refractivity contribution in [2.45, 2.75) is 58.9 Å². The molecule has 4 nitrogen and oxygen atoms in total. The van der Waals surface area contributed by atoms with E-state index in [1.54, 1.807) is 12.1 Å². The van der Waals surface area contributed by atoms with E-state index in [-0.39, 0.29) is 17.8 Å². The lowest BCUT2D eigenvalue weighted by atomic mass is 10.0. The molecule has 0 aromatic heterocycles. The maximum Gasteiger partial charge on any atom is 0.272 e. The number of amides is 1. The lowest BCUT2D eigenvalue weighted by Gasteiger charge is -2.31. The highest BCUT2D eigenvalue weighted by atomic mass is 19.1. The highest BCUT2D eigenvalue weighted by Gasteiger charge is 2.28. The minimum atomic E-state index is -0.305. The monoisotopic (exact) mass is 409 g/mol. The summed E-state index contributed by atoms with van der Waals surface area (Å²) in [5.74, 6) is 0.270. The van der Waals surface area contributed by atoms with Gasteiger partial charge in [0.25, 0.3) is 5.91 Å². The lowest BCUT2D eigenvalue weighted by Crippen LogP contribution is -2.43. The van der Waals surface area contributed by atoms with Gasteiger partial charge in [-0.25, -0.2) is 9.38 Å². The quantitative estimate of drug-likeness (QED) is 0.662. The van der Waals surface area contributed by atoms with Crippen LogP contribution in [0.1, 0.15) is 57.1 Å². The van der Waals surface area contributed by atoms with Crippen molar-refractivity contribution in [2.24, 2.45) is 4.99 Å². The molecule has 0 aliphatic carbocycles. The molecule has 1 aromatic carbocycles. The van der Waals surface area contributed by atoms with Gasteiger partial charge >= 0.3 is 0 Å². The van der Waals surface area contributed by atoms with Crippen LogP contribution in [0.5, 0.6) is 0 Å². The first-order valence-corrected chi connectivity index (χ1v) is 10.8. The first-order valence-electron chi connectivity index (χ1n) is 10.8. The number of hydrogen-bond donors (Lipinski definition) is 0. The molecule has 3 rings (SSSR count). The maximum atomic E-state index is 14.4. The molecular weight excluding hydrogens is 377 g/mol. The number of rotatable bonds is 4. The molecular formula is C25H32FN3O. The third kappa shape index (κ3) is 4.72. The Labute approximate surface area is 179 Å². The number of aryl methyl sites for hydroxylation is 1. The van der Waals surface area contributed by atoms with Crippen LogP contribution < -0.4 is 0 Å². The highest BCUT2D eigenvalue weighted by molar-refractivity contribution is 6.43. The Morgan fingerprint density at radius 1 is 1.33 bits per heavy atom. The second-order valence-electron chi connectivity index (χ2n) is 8.25. The molecule has 2 aliphatic heterocycles. The SMILES string of the molecule is C=C(/C=C1/N=C(C(=O)N2CCCCCC2C)C=C(CC)N1C)c1ccc(C)cc1F. The Morgan fingerprint density at radius 2 is 2.10 bits per heavy atom. The number of benzene rings is 1. The molecule has 2 aliphatic rings. The van der Waals surface area contributed by atoms with Crippen molar-refractivity contribution >= 4 is 17.2 Å². The predicted octanol–water partition coefficient (Wildman–Crippen LogP) is 5.46. The summed E-state index contributed by atoms with van der Waals surface area (Å²) in [6.45, 7) is 10.8. The molecule has 0 N–H and O–H groups in total. The fraction of sp³-hybridized carbons (Fsp3) is 0.440. The van der Waals surface area contributed by atoms with Crippen LogP contribution in [0.15, 0.2) is 53.4 Å². The van der Waals surface area contributed by atoms with E-state index in [4.69, 9.17) is 0 Å². The number of halogens is 1. The van der Waals surface area contributed by atoms with Crippen LogP contribution in [0.2, 0.25) is 0 Å². The Balaban J connectivity index is 1.94. The lowest BCUT2D eigenvalue weighted by molar-refractivity contribution is -0.125. The molecule has 0 saturated carbocycles. The van der Waals surface area contributed by atoms with E-state index < -0.39 is 0 Å². The summed E-state index contributed by atoms with van der Waals surface area (Å²) in [6, 6.07) is 5.31. The Morgan fingerprint density at radius 3 is 2.80 bits per heavy atom. The fourth-order valence-electron chi connectivity index (χ4n) is 4.05. The maximum absolute atomic E-state index is 14.4. The topological polar surface area (TPSA) is 35.9 Å². The molecule has 0 bridgehead atoms. The third-order valence-corrected chi connectivity index (χ3v) is 5.98. The van der Waals surface area contributed by atoms with E-state index in [0.717, 1.165) is 49.9 Å². The predicted molar refractivity (Wildman–Crippen MR) is 121 cm³/mol. The van der Waals surface area contributed by atoms with Gasteiger partial charge in [0, 0.05) is 30.9 Å². The van der Waals surface area contributed by atoms with Gasteiger partial charge in [-0.1, -0.05) is 38.5 Å². The zero-order valence-electron chi connectivity index (χ0n) is 18.5. The Hall–Kier alpha value is -2.69. The van der Waals surface area contributed by atoms with Crippen molar-refractivity contribution in [1.29, 1.82) is 0 Å². The van der Waals surface area contributed by atoms with Crippen molar-refractivity contribution in [3.05, 3.63) is 65.4 Å². The van der Waals surface area contributed by atoms with Crippen LogP contribution in [0, 0.1) is 12.7 Å². The first-order chi connectivity index (χ1) is 14.3. The number of aliphatic imine (C=N–C) groups is 1. The van der Waals surface area contributed by atoms with E-state index >= 15 is 0 Å². The summed E-state index contributed by atoms with van der Waals surface area (Å²) in [5.41, 5.74) is 3.28. The molecule has 0 radical (unpaired) electrons. The number of carbonyl (C=O) groups excluding carboxylic acids is 1. The summed E-state index contributed by atoms with van der Waals surface area (Å²) in [4.78, 5) is 21.9. The molecule has 1 saturated heterocycles. The van der Waals surface area contributed by atoms with Crippen LogP contribution in [-0.2, 0) is 4.79 Å². The highest BCUT2D eigenvalue weighted by Crippen LogP contribution is 2.27. The minimum absolute atomic E-state index is 0.0264. The van der Waals surface area contributed by atoms with Crippen LogP contribution in [-0.4, -0.2) is 41.1 Å². The van der Waals surface area contributed by atoms with Crippen molar-refractivity contribution in [3.63, 3.8) is 0 Å². The van der Waals surface area contributed by atoms with E-state index in [9.17, 15) is 9.18 Å². The first kappa shape index (κ1) is 22.0. The smallest absolute Gasteiger partial charge is 0.272 e. The molecule has 2 heterocycles. The molecule has 1 atom stereocenters. The molecule has 1 amide bonds. The van der Waals surface area contributed by atoms with Gasteiger partial charge in [0.15, 0.2) is 0 Å². The van der Waals surface area contributed by atoms with Gasteiger partial charge in [-0.15, -0.1) is 0 Å². The molecule has 30 heavy (non-hydrogen) atoms. The van der Waals surface area contributed by atoms with E-state index in [1.807, 2.05) is 35.9 Å². The fourth-order valence-corrected chi connectivity index (χ4v) is 4.05. The van der Waals surface area contributed by atoms with Gasteiger partial charge in [0.2, 0.25) is 0 Å². The largest absolute Gasteiger partial charge is 0.335 e. The molecule has 0 spiro atoms. The normalized spacial score (nSPS) is 21.2. The van der Waals surface area contributed by atoms with Crippen molar-refractivity contribution in [3.8, 4) is 0 Å². The standard InChI is InChI=1S/C25H32FN3O/c1-6-20-16-23(25(30)29-13-9-7-8-10-19(29)4)27-24(28(20)5)15-18(3)21-12-11-17(2)14-22(21)26/h11-12,14-16,19H,3,6-10,13H2,1-2,4-5H3/b24-15-. The number of carbonyl (C=O) groups is 1. The molecule has 1 unspecified atom stereocenters. The van der Waals surface area contributed by atoms with Crippen molar-refractivity contribution < 1.29 is 9.18 Å². The number of likely N-dealkylation sites (tertiary alicyclic amines) is 1. The second-order valence-corrected chi connectivity index (χ2v) is 8.25. The average molecular weight is 410 g/mol. The molecule has 5 heteroatoms. The van der Waals surface area contributed by atoms with Gasteiger partial charge in [0.05, 0.1) is 0 Å². The van der Waals surface area contributed by atoms with Crippen molar-refractivity contribution in [2.75, 3.05) is 13.6 Å². The summed E-state index contributed by atoms with van der Waals surface area (Å²) in [6.07, 6.45) is 8.77. The van der Waals surface area contributed by atoms with Crippen LogP contribution in [0.3, 0.4) is 0 Å². The number of nitrogens with zero attached hydrogens (tertiary/aromatic N) is 3. The Kier molecular flexibility index (Phi) is 6.91. The van der Waals surface area contributed by atoms with E-state index in [1.165, 1.54) is 6.07 Å². The summed E-state index contributed by atoms with van der Waals surface area (Å²) in [7, 11) is 1.92. The minimum Gasteiger partial charge on any atom is -0.335 e. The Bertz CT molecular complexity index is 928. The number of allylic oxidation sites excluding steroid dienone is 3. The van der Waals surface area contributed by atoms with Gasteiger partial charge in [0.1, 0.15) is 17.3 Å². The zero-order valence-corrected chi connectivity index (χ0v) is 18.5. The number of hydrogen-bond acceptors (Lipinski definition) is 3. The molecule has 1 aromatic rings. The van der Waals surface area contributed by atoms with Crippen molar-refractivity contribution in [1.82, 2.24) is 9.80 Å². The third-order valence-electron chi connectivity index (χ3n) is 5.98. The van der Waals surface area contributed by atoms with E-state index in [0.29, 0.717) is 22.7 Å². The molecule has 1 fully saturated rings. The van der Waals surface area contributed by atoms with Gasteiger partial charge in [-0.05, 0) is 62.5 Å². The average Bonchev–Trinajstić information content (AvgIpc) is 2.93. The summed E-state index contributed by atoms with van der Waals surface area (Å²) < 4.78 is 14.4. The second kappa shape index (κ2) is 9.41. The van der Waals surface area contributed by atoms with E-state index in [2.05, 4.69) is 25.4 Å². The van der Waals surface area contributed by atoms with Gasteiger partial charge < -0.3 is 9.80 Å². The summed E-state index contributed by atoms with van der Waals surface area (Å²) >= 11 is 0. The summed E-state index contributed by atoms with van der Waals surface area (Å²) in [5, 5.41) is 0. The van der Waals surface area contributed by atoms with Crippen LogP contribution >= 0.6 is 0 Å². The van der Waals surface area contributed by atoms with Crippen LogP contribution in [0.4, 0.5) is 4.39 Å². The zero-order chi connectivity index (χ0) is 21.8. The van der Waals surface area contributed by atoms with Crippen LogP contribution in [0.25, 0.3) is 5.57 Å². The molecule has 160 valence electrons. The van der Waals surface area contributed by atoms with Gasteiger partial charge in [-0.3, -0.25) is 4.79 Å².